The maximum atomic E-state index is 13.7. The van der Waals surface area contributed by atoms with Gasteiger partial charge in [0.2, 0.25) is 0 Å². The second-order valence-corrected chi connectivity index (χ2v) is 6.91. The lowest BCUT2D eigenvalue weighted by Crippen LogP contribution is -2.29. The summed E-state index contributed by atoms with van der Waals surface area (Å²) in [6, 6.07) is 12.7. The van der Waals surface area contributed by atoms with E-state index in [1.807, 2.05) is 0 Å². The molecule has 5 N–H and O–H groups in total. The third kappa shape index (κ3) is 4.30. The number of halogens is 2. The van der Waals surface area contributed by atoms with Crippen LogP contribution in [0, 0.1) is 11.2 Å². The fraction of sp³-hybridized carbons (Fsp3) is 0. The van der Waals surface area contributed by atoms with Crippen LogP contribution in [0.2, 0.25) is 0 Å². The molecule has 2 amide bonds. The van der Waals surface area contributed by atoms with E-state index in [9.17, 15) is 14.0 Å². The van der Waals surface area contributed by atoms with Crippen molar-refractivity contribution in [1.82, 2.24) is 4.98 Å². The number of amidine groups is 1. The number of nitrogens with zero attached hydrogens (tertiary/aromatic N) is 2. The minimum absolute atomic E-state index is 0.0920. The quantitative estimate of drug-likeness (QED) is 0.402. The van der Waals surface area contributed by atoms with Crippen molar-refractivity contribution in [1.29, 1.82) is 5.41 Å². The molecule has 7 nitrogen and oxygen atoms in total. The topological polar surface area (TPSA) is 126 Å². The predicted molar refractivity (Wildman–Crippen MR) is 111 cm³/mol. The molecule has 0 aliphatic carbocycles. The number of nitrogen functional groups attached to an aromatic ring is 1. The van der Waals surface area contributed by atoms with E-state index in [-0.39, 0.29) is 28.5 Å². The van der Waals surface area contributed by atoms with E-state index in [1.165, 1.54) is 41.4 Å². The zero-order valence-corrected chi connectivity index (χ0v) is 16.5. The molecular weight excluding hydrogens is 441 g/mol. The normalized spacial score (nSPS) is 10.4. The molecule has 0 bridgehead atoms. The summed E-state index contributed by atoms with van der Waals surface area (Å²) in [5, 5.41) is 7.46. The molecule has 0 saturated carbocycles. The first-order valence-corrected chi connectivity index (χ1v) is 9.07. The fourth-order valence-electron chi connectivity index (χ4n) is 2.66. The summed E-state index contributed by atoms with van der Waals surface area (Å²) in [7, 11) is 0. The van der Waals surface area contributed by atoms with Crippen LogP contribution in [0.15, 0.2) is 65.3 Å². The molecule has 0 fully saturated rings. The predicted octanol–water partition coefficient (Wildman–Crippen LogP) is 3.34. The van der Waals surface area contributed by atoms with Gasteiger partial charge in [-0.15, -0.1) is 0 Å². The second-order valence-electron chi connectivity index (χ2n) is 5.99. The SMILES string of the molecule is N=C(N)c1ccc(C(=O)N(c2ccc(Br)cn2)c2ccc(F)cc2C(N)=O)cc1. The van der Waals surface area contributed by atoms with Crippen LogP contribution in [0.1, 0.15) is 26.3 Å². The second kappa shape index (κ2) is 8.19. The number of hydrogen-bond donors (Lipinski definition) is 3. The van der Waals surface area contributed by atoms with Crippen molar-refractivity contribution < 1.29 is 14.0 Å². The molecule has 0 atom stereocenters. The van der Waals surface area contributed by atoms with Crippen molar-refractivity contribution >= 4 is 45.1 Å². The van der Waals surface area contributed by atoms with Crippen LogP contribution in [0.5, 0.6) is 0 Å². The number of nitrogens with two attached hydrogens (primary N) is 2. The first-order chi connectivity index (χ1) is 13.8. The number of pyridine rings is 1. The van der Waals surface area contributed by atoms with Crippen LogP contribution >= 0.6 is 15.9 Å². The molecule has 2 aromatic carbocycles. The average molecular weight is 456 g/mol. The van der Waals surface area contributed by atoms with Gasteiger partial charge in [0.1, 0.15) is 17.5 Å². The molecule has 0 radical (unpaired) electrons. The first-order valence-electron chi connectivity index (χ1n) is 8.27. The van der Waals surface area contributed by atoms with Crippen molar-refractivity contribution in [3.63, 3.8) is 0 Å². The molecule has 0 aliphatic heterocycles. The number of carbonyl (C=O) groups is 2. The van der Waals surface area contributed by atoms with Gasteiger partial charge in [-0.3, -0.25) is 19.9 Å². The van der Waals surface area contributed by atoms with E-state index in [0.717, 1.165) is 12.1 Å². The minimum Gasteiger partial charge on any atom is -0.384 e. The number of anilines is 2. The van der Waals surface area contributed by atoms with Gasteiger partial charge >= 0.3 is 0 Å². The van der Waals surface area contributed by atoms with E-state index in [4.69, 9.17) is 16.9 Å². The van der Waals surface area contributed by atoms with Crippen LogP contribution in [0.25, 0.3) is 0 Å². The number of carbonyl (C=O) groups excluding carboxylic acids is 2. The largest absolute Gasteiger partial charge is 0.384 e. The van der Waals surface area contributed by atoms with Crippen LogP contribution in [0.3, 0.4) is 0 Å². The van der Waals surface area contributed by atoms with Crippen molar-refractivity contribution in [3.05, 3.63) is 87.8 Å². The lowest BCUT2D eigenvalue weighted by molar-refractivity contribution is 0.0998. The number of primary amides is 1. The van der Waals surface area contributed by atoms with E-state index in [2.05, 4.69) is 20.9 Å². The van der Waals surface area contributed by atoms with Gasteiger partial charge in [0, 0.05) is 21.8 Å². The van der Waals surface area contributed by atoms with Crippen LogP contribution in [-0.2, 0) is 0 Å². The van der Waals surface area contributed by atoms with E-state index in [0.29, 0.717) is 10.0 Å². The Morgan fingerprint density at radius 2 is 1.66 bits per heavy atom. The molecule has 9 heteroatoms. The van der Waals surface area contributed by atoms with Gasteiger partial charge in [-0.1, -0.05) is 12.1 Å². The molecule has 3 aromatic rings. The minimum atomic E-state index is -0.888. The lowest BCUT2D eigenvalue weighted by atomic mass is 10.1. The summed E-state index contributed by atoms with van der Waals surface area (Å²) in [6.45, 7) is 0. The summed E-state index contributed by atoms with van der Waals surface area (Å²) in [4.78, 5) is 30.6. The molecule has 3 rings (SSSR count). The number of rotatable bonds is 5. The van der Waals surface area contributed by atoms with Crippen molar-refractivity contribution in [3.8, 4) is 0 Å². The molecule has 0 unspecified atom stereocenters. The molecular formula is C20H15BrFN5O2. The Hall–Kier alpha value is -3.59. The third-order valence-corrected chi connectivity index (χ3v) is 4.52. The number of aromatic nitrogens is 1. The molecule has 1 aromatic heterocycles. The highest BCUT2D eigenvalue weighted by molar-refractivity contribution is 9.10. The number of amides is 2. The molecule has 146 valence electrons. The Kier molecular flexibility index (Phi) is 5.69. The van der Waals surface area contributed by atoms with Crippen molar-refractivity contribution in [2.45, 2.75) is 0 Å². The van der Waals surface area contributed by atoms with Crippen molar-refractivity contribution in [2.24, 2.45) is 11.5 Å². The van der Waals surface area contributed by atoms with Gasteiger partial charge in [0.25, 0.3) is 11.8 Å². The van der Waals surface area contributed by atoms with Gasteiger partial charge in [-0.05, 0) is 58.4 Å². The lowest BCUT2D eigenvalue weighted by Gasteiger charge is -2.24. The molecule has 0 aliphatic rings. The monoisotopic (exact) mass is 455 g/mol. The average Bonchev–Trinajstić information content (AvgIpc) is 2.70. The summed E-state index contributed by atoms with van der Waals surface area (Å²) in [6.07, 6.45) is 1.49. The molecule has 0 saturated heterocycles. The Bertz CT molecular complexity index is 1100. The molecule has 0 spiro atoms. The zero-order chi connectivity index (χ0) is 21.1. The van der Waals surface area contributed by atoms with Crippen LogP contribution in [-0.4, -0.2) is 22.6 Å². The van der Waals surface area contributed by atoms with E-state index >= 15 is 0 Å². The Labute approximate surface area is 173 Å². The zero-order valence-electron chi connectivity index (χ0n) is 14.9. The van der Waals surface area contributed by atoms with Gasteiger partial charge in [0.05, 0.1) is 11.3 Å². The molecule has 1 heterocycles. The standard InChI is InChI=1S/C20H15BrFN5O2/c21-13-5-8-17(26-10-13)27(16-7-6-14(22)9-15(16)19(25)28)20(29)12-3-1-11(2-4-12)18(23)24/h1-10H,(H3,23,24)(H2,25,28). The van der Waals surface area contributed by atoms with Gasteiger partial charge < -0.3 is 11.5 Å². The van der Waals surface area contributed by atoms with E-state index in [1.54, 1.807) is 12.1 Å². The Balaban J connectivity index is 2.16. The Morgan fingerprint density at radius 1 is 1.00 bits per heavy atom. The maximum absolute atomic E-state index is 13.7. The highest BCUT2D eigenvalue weighted by atomic mass is 79.9. The number of hydrogen-bond acceptors (Lipinski definition) is 4. The summed E-state index contributed by atoms with van der Waals surface area (Å²) >= 11 is 3.28. The third-order valence-electron chi connectivity index (χ3n) is 4.05. The van der Waals surface area contributed by atoms with Gasteiger partial charge in [0.15, 0.2) is 0 Å². The Morgan fingerprint density at radius 3 is 2.21 bits per heavy atom. The first kappa shape index (κ1) is 20.2. The van der Waals surface area contributed by atoms with Crippen LogP contribution in [0.4, 0.5) is 15.9 Å². The summed E-state index contributed by atoms with van der Waals surface area (Å²) < 4.78 is 14.4. The summed E-state index contributed by atoms with van der Waals surface area (Å²) in [5.74, 6) is -2.00. The summed E-state index contributed by atoms with van der Waals surface area (Å²) in [5.41, 5.74) is 11.5. The molecule has 29 heavy (non-hydrogen) atoms. The van der Waals surface area contributed by atoms with E-state index < -0.39 is 17.6 Å². The maximum Gasteiger partial charge on any atom is 0.264 e. The number of benzene rings is 2. The van der Waals surface area contributed by atoms with Gasteiger partial charge in [-0.25, -0.2) is 9.37 Å². The van der Waals surface area contributed by atoms with Gasteiger partial charge in [-0.2, -0.15) is 0 Å². The van der Waals surface area contributed by atoms with Crippen molar-refractivity contribution in [2.75, 3.05) is 4.90 Å². The highest BCUT2D eigenvalue weighted by Gasteiger charge is 2.25. The smallest absolute Gasteiger partial charge is 0.264 e. The highest BCUT2D eigenvalue weighted by Crippen LogP contribution is 2.30. The number of nitrogens with one attached hydrogen (secondary N) is 1. The fourth-order valence-corrected chi connectivity index (χ4v) is 2.89. The van der Waals surface area contributed by atoms with Crippen LogP contribution < -0.4 is 16.4 Å².